The highest BCUT2D eigenvalue weighted by molar-refractivity contribution is 7.13. The van der Waals surface area contributed by atoms with E-state index in [1.165, 1.54) is 0 Å². The lowest BCUT2D eigenvalue weighted by molar-refractivity contribution is -0.141. The summed E-state index contributed by atoms with van der Waals surface area (Å²) in [6.07, 6.45) is 3.53. The first-order valence-electron chi connectivity index (χ1n) is 11.5. The number of hydrogen-bond donors (Lipinski definition) is 1. The highest BCUT2D eigenvalue weighted by atomic mass is 32.1. The number of nitrogens with zero attached hydrogens (tertiary/aromatic N) is 5. The summed E-state index contributed by atoms with van der Waals surface area (Å²) in [6.45, 7) is 4.69. The lowest BCUT2D eigenvalue weighted by atomic mass is 9.73. The minimum atomic E-state index is -0.833. The zero-order valence-electron chi connectivity index (χ0n) is 18.7. The summed E-state index contributed by atoms with van der Waals surface area (Å²) < 4.78 is 5.38. The van der Waals surface area contributed by atoms with Gasteiger partial charge in [-0.2, -0.15) is 4.98 Å². The van der Waals surface area contributed by atoms with Gasteiger partial charge in [-0.3, -0.25) is 19.4 Å². The molecule has 5 rings (SSSR count). The van der Waals surface area contributed by atoms with E-state index < -0.39 is 11.6 Å². The molecular formula is C22H28N6O4S. The van der Waals surface area contributed by atoms with Crippen LogP contribution < -0.4 is 5.32 Å². The summed E-state index contributed by atoms with van der Waals surface area (Å²) in [5.41, 5.74) is -0.833. The van der Waals surface area contributed by atoms with E-state index in [-0.39, 0.29) is 24.3 Å². The molecule has 4 amide bonds. The Morgan fingerprint density at radius 2 is 2.09 bits per heavy atom. The number of hydrogen-bond acceptors (Lipinski definition) is 8. The van der Waals surface area contributed by atoms with Gasteiger partial charge in [0.2, 0.25) is 17.6 Å². The first kappa shape index (κ1) is 22.0. The average Bonchev–Trinajstić information content (AvgIpc) is 3.55. The van der Waals surface area contributed by atoms with E-state index in [0.717, 1.165) is 29.0 Å². The van der Waals surface area contributed by atoms with Gasteiger partial charge >= 0.3 is 6.03 Å². The van der Waals surface area contributed by atoms with Gasteiger partial charge in [0.1, 0.15) is 12.1 Å². The van der Waals surface area contributed by atoms with E-state index in [2.05, 4.69) is 20.4 Å². The lowest BCUT2D eigenvalue weighted by Crippen LogP contribution is -2.54. The molecule has 1 aliphatic carbocycles. The first-order valence-corrected chi connectivity index (χ1v) is 12.3. The molecule has 1 spiro atoms. The molecule has 2 unspecified atom stereocenters. The quantitative estimate of drug-likeness (QED) is 0.662. The SMILES string of the molecule is CC1CCCCC12NC(=O)N(CC(=O)N1CCN(Cc3nc(-c4cccs4)no3)CC1)C2=O. The third-order valence-electron chi connectivity index (χ3n) is 7.09. The summed E-state index contributed by atoms with van der Waals surface area (Å²) in [7, 11) is 0. The maximum absolute atomic E-state index is 13.1. The van der Waals surface area contributed by atoms with Gasteiger partial charge in [0.05, 0.1) is 11.4 Å². The summed E-state index contributed by atoms with van der Waals surface area (Å²) in [6, 6.07) is 3.45. The van der Waals surface area contributed by atoms with Crippen LogP contribution in [0.25, 0.3) is 10.7 Å². The molecule has 11 heteroatoms. The summed E-state index contributed by atoms with van der Waals surface area (Å²) in [5, 5.41) is 8.92. The number of carbonyl (C=O) groups excluding carboxylic acids is 3. The van der Waals surface area contributed by atoms with Crippen molar-refractivity contribution < 1.29 is 18.9 Å². The van der Waals surface area contributed by atoms with Gasteiger partial charge in [0.25, 0.3) is 5.91 Å². The number of amides is 4. The molecule has 4 heterocycles. The van der Waals surface area contributed by atoms with Gasteiger partial charge in [0.15, 0.2) is 0 Å². The Bertz CT molecular complexity index is 1030. The maximum Gasteiger partial charge on any atom is 0.325 e. The van der Waals surface area contributed by atoms with Crippen LogP contribution in [0.15, 0.2) is 22.0 Å². The number of imide groups is 1. The van der Waals surface area contributed by atoms with Gasteiger partial charge in [0, 0.05) is 26.2 Å². The molecule has 2 atom stereocenters. The van der Waals surface area contributed by atoms with Crippen molar-refractivity contribution in [1.82, 2.24) is 30.2 Å². The van der Waals surface area contributed by atoms with Crippen LogP contribution in [0.2, 0.25) is 0 Å². The van der Waals surface area contributed by atoms with Crippen molar-refractivity contribution in [3.05, 3.63) is 23.4 Å². The van der Waals surface area contributed by atoms with Crippen LogP contribution >= 0.6 is 11.3 Å². The molecule has 0 aromatic carbocycles. The zero-order valence-corrected chi connectivity index (χ0v) is 19.5. The number of rotatable bonds is 5. The molecule has 2 aromatic rings. The van der Waals surface area contributed by atoms with E-state index in [1.54, 1.807) is 16.2 Å². The number of thiophene rings is 1. The molecule has 33 heavy (non-hydrogen) atoms. The molecule has 3 fully saturated rings. The molecule has 176 valence electrons. The molecule has 0 bridgehead atoms. The smallest absolute Gasteiger partial charge is 0.325 e. The van der Waals surface area contributed by atoms with Crippen LogP contribution in [0, 0.1) is 5.92 Å². The fraction of sp³-hybridized carbons (Fsp3) is 0.591. The molecule has 0 radical (unpaired) electrons. The average molecular weight is 473 g/mol. The van der Waals surface area contributed by atoms with Crippen LogP contribution in [0.4, 0.5) is 4.79 Å². The first-order chi connectivity index (χ1) is 16.0. The van der Waals surface area contributed by atoms with Crippen molar-refractivity contribution in [2.75, 3.05) is 32.7 Å². The van der Waals surface area contributed by atoms with Crippen molar-refractivity contribution in [2.45, 2.75) is 44.7 Å². The number of nitrogens with one attached hydrogen (secondary N) is 1. The third kappa shape index (κ3) is 4.15. The summed E-state index contributed by atoms with van der Waals surface area (Å²) in [4.78, 5) is 49.0. The maximum atomic E-state index is 13.1. The standard InChI is InChI=1S/C22H28N6O4S/c1-15-5-2-3-7-22(15)20(30)28(21(31)24-22)14-18(29)27-10-8-26(9-11-27)13-17-23-19(25-32-17)16-6-4-12-33-16/h4,6,12,15H,2-3,5,7-11,13-14H2,1H3,(H,24,31). The Labute approximate surface area is 195 Å². The van der Waals surface area contributed by atoms with Gasteiger partial charge in [-0.05, 0) is 30.2 Å². The van der Waals surface area contributed by atoms with Gasteiger partial charge in [-0.15, -0.1) is 11.3 Å². The van der Waals surface area contributed by atoms with Crippen LogP contribution in [-0.4, -0.2) is 80.9 Å². The van der Waals surface area contributed by atoms with E-state index >= 15 is 0 Å². The predicted molar refractivity (Wildman–Crippen MR) is 120 cm³/mol. The Hall–Kier alpha value is -2.79. The van der Waals surface area contributed by atoms with Gasteiger partial charge in [-0.25, -0.2) is 4.79 Å². The van der Waals surface area contributed by atoms with Crippen molar-refractivity contribution in [3.63, 3.8) is 0 Å². The normalized spacial score (nSPS) is 26.3. The van der Waals surface area contributed by atoms with Crippen LogP contribution in [0.5, 0.6) is 0 Å². The molecule has 3 aliphatic rings. The Morgan fingerprint density at radius 1 is 1.27 bits per heavy atom. The number of piperazine rings is 1. The molecular weight excluding hydrogens is 444 g/mol. The van der Waals surface area contributed by atoms with Crippen molar-refractivity contribution in [2.24, 2.45) is 5.92 Å². The summed E-state index contributed by atoms with van der Waals surface area (Å²) >= 11 is 1.56. The monoisotopic (exact) mass is 472 g/mol. The van der Waals surface area contributed by atoms with E-state index in [4.69, 9.17) is 4.52 Å². The number of urea groups is 1. The largest absolute Gasteiger partial charge is 0.339 e. The molecule has 1 saturated carbocycles. The van der Waals surface area contributed by atoms with Gasteiger partial charge < -0.3 is 14.7 Å². The van der Waals surface area contributed by atoms with Crippen LogP contribution in [0.3, 0.4) is 0 Å². The molecule has 10 nitrogen and oxygen atoms in total. The van der Waals surface area contributed by atoms with Crippen molar-refractivity contribution in [1.29, 1.82) is 0 Å². The number of carbonyl (C=O) groups is 3. The van der Waals surface area contributed by atoms with Crippen LogP contribution in [0.1, 0.15) is 38.5 Å². The Kier molecular flexibility index (Phi) is 5.92. The molecule has 1 N–H and O–H groups in total. The molecule has 2 saturated heterocycles. The van der Waals surface area contributed by atoms with E-state index in [1.807, 2.05) is 24.4 Å². The Balaban J connectivity index is 1.14. The fourth-order valence-electron chi connectivity index (χ4n) is 5.05. The Morgan fingerprint density at radius 3 is 2.82 bits per heavy atom. The molecule has 2 aromatic heterocycles. The van der Waals surface area contributed by atoms with Crippen LogP contribution in [-0.2, 0) is 16.1 Å². The second kappa shape index (κ2) is 8.86. The van der Waals surface area contributed by atoms with Gasteiger partial charge in [-0.1, -0.05) is 31.0 Å². The predicted octanol–water partition coefficient (Wildman–Crippen LogP) is 1.94. The highest BCUT2D eigenvalue weighted by Gasteiger charge is 2.55. The van der Waals surface area contributed by atoms with Crippen molar-refractivity contribution in [3.8, 4) is 10.7 Å². The highest BCUT2D eigenvalue weighted by Crippen LogP contribution is 2.38. The lowest BCUT2D eigenvalue weighted by Gasteiger charge is -2.37. The third-order valence-corrected chi connectivity index (χ3v) is 7.95. The minimum Gasteiger partial charge on any atom is -0.339 e. The summed E-state index contributed by atoms with van der Waals surface area (Å²) in [5.74, 6) is 0.772. The number of aromatic nitrogens is 2. The minimum absolute atomic E-state index is 0.0800. The van der Waals surface area contributed by atoms with E-state index in [0.29, 0.717) is 50.9 Å². The van der Waals surface area contributed by atoms with Crippen molar-refractivity contribution >= 4 is 29.2 Å². The topological polar surface area (TPSA) is 112 Å². The fourth-order valence-corrected chi connectivity index (χ4v) is 5.70. The zero-order chi connectivity index (χ0) is 23.0. The molecule has 2 aliphatic heterocycles. The van der Waals surface area contributed by atoms with E-state index in [9.17, 15) is 14.4 Å². The second-order valence-corrected chi connectivity index (χ2v) is 10.0. The second-order valence-electron chi connectivity index (χ2n) is 9.09.